The van der Waals surface area contributed by atoms with E-state index in [-0.39, 0.29) is 0 Å². The number of halogens is 1. The molecular weight excluding hydrogens is 276 g/mol. The first-order chi connectivity index (χ1) is 8.18. The predicted octanol–water partition coefficient (Wildman–Crippen LogP) is 3.05. The fourth-order valence-electron chi connectivity index (χ4n) is 2.59. The Morgan fingerprint density at radius 2 is 2.18 bits per heavy atom. The lowest BCUT2D eigenvalue weighted by atomic mass is 9.93. The second-order valence-corrected chi connectivity index (χ2v) is 5.95. The van der Waals surface area contributed by atoms with Gasteiger partial charge in [-0.05, 0) is 57.6 Å². The van der Waals surface area contributed by atoms with Crippen molar-refractivity contribution < 1.29 is 0 Å². The summed E-state index contributed by atoms with van der Waals surface area (Å²) in [5, 5.41) is 3.45. The van der Waals surface area contributed by atoms with E-state index >= 15 is 0 Å². The van der Waals surface area contributed by atoms with Crippen LogP contribution in [0.25, 0.3) is 0 Å². The lowest BCUT2D eigenvalue weighted by molar-refractivity contribution is 0.252. The van der Waals surface area contributed by atoms with Crippen molar-refractivity contribution in [3.8, 4) is 0 Å². The highest BCUT2D eigenvalue weighted by Crippen LogP contribution is 2.32. The third-order valence-electron chi connectivity index (χ3n) is 3.61. The summed E-state index contributed by atoms with van der Waals surface area (Å²) in [4.78, 5) is 2.33. The lowest BCUT2D eigenvalue weighted by Crippen LogP contribution is -2.24. The first kappa shape index (κ1) is 13.1. The largest absolute Gasteiger partial charge is 0.316 e. The molecule has 2 unspecified atom stereocenters. The van der Waals surface area contributed by atoms with E-state index in [9.17, 15) is 0 Å². The van der Waals surface area contributed by atoms with E-state index in [0.717, 1.165) is 5.92 Å². The highest BCUT2D eigenvalue weighted by molar-refractivity contribution is 9.10. The second kappa shape index (κ2) is 5.98. The van der Waals surface area contributed by atoms with Crippen LogP contribution < -0.4 is 5.32 Å². The summed E-state index contributed by atoms with van der Waals surface area (Å²) in [6.45, 7) is 2.36. The highest BCUT2D eigenvalue weighted by atomic mass is 79.9. The van der Waals surface area contributed by atoms with Crippen molar-refractivity contribution in [1.29, 1.82) is 0 Å². The van der Waals surface area contributed by atoms with Crippen LogP contribution >= 0.6 is 15.9 Å². The van der Waals surface area contributed by atoms with Crippen molar-refractivity contribution in [2.24, 2.45) is 5.92 Å². The molecule has 2 atom stereocenters. The Hall–Kier alpha value is -0.380. The van der Waals surface area contributed by atoms with E-state index in [1.807, 2.05) is 0 Å². The highest BCUT2D eigenvalue weighted by Gasteiger charge is 2.23. The molecule has 1 aliphatic rings. The van der Waals surface area contributed by atoms with Crippen molar-refractivity contribution in [3.05, 3.63) is 34.3 Å². The van der Waals surface area contributed by atoms with E-state index < -0.39 is 0 Å². The van der Waals surface area contributed by atoms with Gasteiger partial charge in [-0.1, -0.05) is 34.1 Å². The number of nitrogens with zero attached hydrogens (tertiary/aromatic N) is 1. The van der Waals surface area contributed by atoms with Gasteiger partial charge in [-0.25, -0.2) is 0 Å². The van der Waals surface area contributed by atoms with Gasteiger partial charge in [0.25, 0.3) is 0 Å². The summed E-state index contributed by atoms with van der Waals surface area (Å²) in [6, 6.07) is 9.09. The molecule has 94 valence electrons. The molecule has 0 amide bonds. The zero-order valence-electron chi connectivity index (χ0n) is 10.6. The van der Waals surface area contributed by atoms with Crippen molar-refractivity contribution in [1.82, 2.24) is 10.2 Å². The van der Waals surface area contributed by atoms with Crippen molar-refractivity contribution >= 4 is 15.9 Å². The molecule has 2 rings (SSSR count). The quantitative estimate of drug-likeness (QED) is 0.919. The topological polar surface area (TPSA) is 15.3 Å². The molecule has 3 heteroatoms. The zero-order chi connectivity index (χ0) is 12.3. The van der Waals surface area contributed by atoms with Gasteiger partial charge in [0.1, 0.15) is 0 Å². The van der Waals surface area contributed by atoms with E-state index in [1.165, 1.54) is 36.0 Å². The number of hydrogen-bond donors (Lipinski definition) is 1. The number of hydrogen-bond acceptors (Lipinski definition) is 2. The third kappa shape index (κ3) is 3.30. The average Bonchev–Trinajstić information content (AvgIpc) is 2.79. The molecule has 1 fully saturated rings. The molecule has 1 aliphatic heterocycles. The van der Waals surface area contributed by atoms with Crippen LogP contribution in [0.4, 0.5) is 0 Å². The Kier molecular flexibility index (Phi) is 4.60. The number of benzene rings is 1. The normalized spacial score (nSPS) is 22.0. The monoisotopic (exact) mass is 296 g/mol. The van der Waals surface area contributed by atoms with Gasteiger partial charge in [-0.2, -0.15) is 0 Å². The molecule has 1 aromatic carbocycles. The van der Waals surface area contributed by atoms with Gasteiger partial charge in [0.15, 0.2) is 0 Å². The zero-order valence-corrected chi connectivity index (χ0v) is 12.2. The Morgan fingerprint density at radius 1 is 1.41 bits per heavy atom. The molecule has 0 saturated carbocycles. The fourth-order valence-corrected chi connectivity index (χ4v) is 3.14. The van der Waals surface area contributed by atoms with Crippen molar-refractivity contribution in [2.75, 3.05) is 27.2 Å². The summed E-state index contributed by atoms with van der Waals surface area (Å²) in [7, 11) is 4.35. The second-order valence-electron chi connectivity index (χ2n) is 5.10. The van der Waals surface area contributed by atoms with E-state index in [0.29, 0.717) is 6.04 Å². The summed E-state index contributed by atoms with van der Waals surface area (Å²) in [6.07, 6.45) is 2.55. The van der Waals surface area contributed by atoms with Gasteiger partial charge < -0.3 is 10.2 Å². The van der Waals surface area contributed by atoms with Gasteiger partial charge in [0.05, 0.1) is 0 Å². The predicted molar refractivity (Wildman–Crippen MR) is 76.2 cm³/mol. The molecular formula is C14H21BrN2. The van der Waals surface area contributed by atoms with Gasteiger partial charge in [-0.15, -0.1) is 0 Å². The summed E-state index contributed by atoms with van der Waals surface area (Å²) in [5.41, 5.74) is 1.41. The molecule has 1 saturated heterocycles. The maximum Gasteiger partial charge on any atom is 0.0356 e. The minimum atomic E-state index is 0.510. The minimum absolute atomic E-state index is 0.510. The van der Waals surface area contributed by atoms with E-state index in [2.05, 4.69) is 64.5 Å². The minimum Gasteiger partial charge on any atom is -0.316 e. The molecule has 1 aromatic rings. The first-order valence-corrected chi connectivity index (χ1v) is 7.09. The number of rotatable bonds is 4. The van der Waals surface area contributed by atoms with Gasteiger partial charge in [0, 0.05) is 10.5 Å². The Balaban J connectivity index is 2.14. The Labute approximate surface area is 113 Å². The van der Waals surface area contributed by atoms with E-state index in [4.69, 9.17) is 0 Å². The smallest absolute Gasteiger partial charge is 0.0356 e. The molecule has 0 radical (unpaired) electrons. The maximum atomic E-state index is 3.67. The molecule has 0 aromatic heterocycles. The SMILES string of the molecule is CN(C)C(CC1CCNC1)c1ccccc1Br. The van der Waals surface area contributed by atoms with Crippen LogP contribution in [0.2, 0.25) is 0 Å². The van der Waals surface area contributed by atoms with Crippen molar-refractivity contribution in [2.45, 2.75) is 18.9 Å². The molecule has 2 nitrogen and oxygen atoms in total. The molecule has 1 N–H and O–H groups in total. The maximum absolute atomic E-state index is 3.67. The van der Waals surface area contributed by atoms with Crippen LogP contribution in [0.5, 0.6) is 0 Å². The van der Waals surface area contributed by atoms with E-state index in [1.54, 1.807) is 0 Å². The van der Waals surface area contributed by atoms with Crippen LogP contribution in [-0.4, -0.2) is 32.1 Å². The standard InChI is InChI=1S/C14H21BrN2/c1-17(2)14(9-11-7-8-16-10-11)12-5-3-4-6-13(12)15/h3-6,11,14,16H,7-10H2,1-2H3. The summed E-state index contributed by atoms with van der Waals surface area (Å²) < 4.78 is 1.23. The van der Waals surface area contributed by atoms with Gasteiger partial charge >= 0.3 is 0 Å². The first-order valence-electron chi connectivity index (χ1n) is 6.30. The van der Waals surface area contributed by atoms with Gasteiger partial charge in [0.2, 0.25) is 0 Å². The lowest BCUT2D eigenvalue weighted by Gasteiger charge is -2.28. The van der Waals surface area contributed by atoms with Gasteiger partial charge in [-0.3, -0.25) is 0 Å². The Morgan fingerprint density at radius 3 is 2.76 bits per heavy atom. The molecule has 0 aliphatic carbocycles. The van der Waals surface area contributed by atoms with Crippen molar-refractivity contribution in [3.63, 3.8) is 0 Å². The van der Waals surface area contributed by atoms with Crippen LogP contribution in [0.3, 0.4) is 0 Å². The third-order valence-corrected chi connectivity index (χ3v) is 4.33. The van der Waals surface area contributed by atoms with Crippen LogP contribution in [0.1, 0.15) is 24.4 Å². The summed E-state index contributed by atoms with van der Waals surface area (Å²) >= 11 is 3.67. The molecule has 1 heterocycles. The molecule has 0 spiro atoms. The molecule has 17 heavy (non-hydrogen) atoms. The Bertz CT molecular complexity index is 359. The average molecular weight is 297 g/mol. The molecule has 0 bridgehead atoms. The van der Waals surface area contributed by atoms with Crippen LogP contribution in [0, 0.1) is 5.92 Å². The fraction of sp³-hybridized carbons (Fsp3) is 0.571. The summed E-state index contributed by atoms with van der Waals surface area (Å²) in [5.74, 6) is 0.814. The van der Waals surface area contributed by atoms with Crippen LogP contribution in [0.15, 0.2) is 28.7 Å². The number of nitrogens with one attached hydrogen (secondary N) is 1. The van der Waals surface area contributed by atoms with Crippen LogP contribution in [-0.2, 0) is 0 Å².